The summed E-state index contributed by atoms with van der Waals surface area (Å²) in [6.45, 7) is 2.79. The summed E-state index contributed by atoms with van der Waals surface area (Å²) in [5.74, 6) is 1.16. The van der Waals surface area contributed by atoms with Crippen LogP contribution in [-0.4, -0.2) is 18.6 Å². The number of rotatable bonds is 4. The highest BCUT2D eigenvalue weighted by molar-refractivity contribution is 6.18. The Hall–Kier alpha value is -0.600. The third-order valence-electron chi connectivity index (χ3n) is 4.66. The van der Waals surface area contributed by atoms with Crippen molar-refractivity contribution in [1.29, 1.82) is 0 Å². The van der Waals surface area contributed by atoms with Crippen LogP contribution in [0.3, 0.4) is 0 Å². The molecule has 0 amide bonds. The fraction of sp³-hybridized carbons (Fsp3) is 0.625. The van der Waals surface area contributed by atoms with Gasteiger partial charge in [-0.3, -0.25) is 0 Å². The van der Waals surface area contributed by atoms with E-state index in [-0.39, 0.29) is 11.2 Å². The number of alkyl halides is 1. The monoisotopic (exact) mass is 282 g/mol. The Morgan fingerprint density at radius 2 is 2.21 bits per heavy atom. The Kier molecular flexibility index (Phi) is 3.57. The minimum Gasteiger partial charge on any atom is -0.377 e. The first-order valence-corrected chi connectivity index (χ1v) is 7.61. The number of hydrogen-bond donors (Lipinski definition) is 0. The van der Waals surface area contributed by atoms with Gasteiger partial charge in [-0.2, -0.15) is 0 Å². The molecule has 2 aliphatic rings. The van der Waals surface area contributed by atoms with E-state index in [1.54, 1.807) is 12.1 Å². The zero-order valence-electron chi connectivity index (χ0n) is 11.3. The molecule has 1 aromatic rings. The highest BCUT2D eigenvalue weighted by Gasteiger charge is 2.50. The van der Waals surface area contributed by atoms with Crippen molar-refractivity contribution < 1.29 is 9.13 Å². The van der Waals surface area contributed by atoms with Crippen LogP contribution in [0.2, 0.25) is 0 Å². The second kappa shape index (κ2) is 5.06. The van der Waals surface area contributed by atoms with Gasteiger partial charge in [-0.1, -0.05) is 6.07 Å². The van der Waals surface area contributed by atoms with Gasteiger partial charge in [-0.15, -0.1) is 11.6 Å². The second-order valence-corrected chi connectivity index (χ2v) is 6.39. The molecule has 1 heterocycles. The minimum atomic E-state index is -0.164. The molecule has 0 spiro atoms. The van der Waals surface area contributed by atoms with E-state index in [2.05, 4.69) is 0 Å². The third kappa shape index (κ3) is 2.53. The lowest BCUT2D eigenvalue weighted by atomic mass is 9.75. The Morgan fingerprint density at radius 3 is 2.84 bits per heavy atom. The number of hydrogen-bond acceptors (Lipinski definition) is 1. The molecule has 1 aliphatic heterocycles. The second-order valence-electron chi connectivity index (χ2n) is 6.12. The molecule has 1 saturated carbocycles. The molecule has 2 unspecified atom stereocenters. The van der Waals surface area contributed by atoms with E-state index in [9.17, 15) is 4.39 Å². The molecule has 3 rings (SSSR count). The van der Waals surface area contributed by atoms with E-state index in [1.165, 1.54) is 18.4 Å². The van der Waals surface area contributed by atoms with Gasteiger partial charge in [0.1, 0.15) is 5.82 Å². The van der Waals surface area contributed by atoms with Crippen molar-refractivity contribution in [3.05, 3.63) is 35.1 Å². The molecule has 1 saturated heterocycles. The predicted molar refractivity (Wildman–Crippen MR) is 75.1 cm³/mol. The largest absolute Gasteiger partial charge is 0.377 e. The van der Waals surface area contributed by atoms with Crippen molar-refractivity contribution in [3.63, 3.8) is 0 Å². The lowest BCUT2D eigenvalue weighted by molar-refractivity contribution is 0.0402. The molecule has 2 atom stereocenters. The molecule has 0 N–H and O–H groups in total. The van der Waals surface area contributed by atoms with Crippen LogP contribution in [0.15, 0.2) is 18.2 Å². The summed E-state index contributed by atoms with van der Waals surface area (Å²) < 4.78 is 19.2. The first-order chi connectivity index (χ1) is 9.14. The van der Waals surface area contributed by atoms with Gasteiger partial charge in [0, 0.05) is 17.9 Å². The Bertz CT molecular complexity index is 472. The Balaban J connectivity index is 1.85. The molecule has 0 bridgehead atoms. The molecule has 104 valence electrons. The zero-order chi connectivity index (χ0) is 13.5. The first-order valence-electron chi connectivity index (χ1n) is 7.07. The summed E-state index contributed by atoms with van der Waals surface area (Å²) in [6, 6.07) is 5.06. The van der Waals surface area contributed by atoms with Crippen molar-refractivity contribution in [2.45, 2.75) is 38.7 Å². The molecule has 19 heavy (non-hydrogen) atoms. The normalized spacial score (nSPS) is 30.8. The van der Waals surface area contributed by atoms with Crippen LogP contribution in [0.1, 0.15) is 30.4 Å². The summed E-state index contributed by atoms with van der Waals surface area (Å²) in [5, 5.41) is 0. The van der Waals surface area contributed by atoms with Gasteiger partial charge in [-0.25, -0.2) is 4.39 Å². The average Bonchev–Trinajstić information content (AvgIpc) is 3.15. The SMILES string of the molecule is Cc1cc(F)ccc1CC1(CCl)CCOC1C1CC1. The molecule has 1 aliphatic carbocycles. The molecular weight excluding hydrogens is 263 g/mol. The van der Waals surface area contributed by atoms with Crippen LogP contribution in [0.5, 0.6) is 0 Å². The molecule has 1 nitrogen and oxygen atoms in total. The van der Waals surface area contributed by atoms with Gasteiger partial charge in [0.05, 0.1) is 6.10 Å². The maximum Gasteiger partial charge on any atom is 0.123 e. The fourth-order valence-electron chi connectivity index (χ4n) is 3.36. The number of halogens is 2. The summed E-state index contributed by atoms with van der Waals surface area (Å²) in [7, 11) is 0. The van der Waals surface area contributed by atoms with Gasteiger partial charge in [-0.05, 0) is 61.8 Å². The van der Waals surface area contributed by atoms with Crippen LogP contribution < -0.4 is 0 Å². The van der Waals surface area contributed by atoms with Gasteiger partial charge in [0.25, 0.3) is 0 Å². The molecular formula is C16H20ClFO. The highest BCUT2D eigenvalue weighted by atomic mass is 35.5. The smallest absolute Gasteiger partial charge is 0.123 e. The molecule has 0 aromatic heterocycles. The summed E-state index contributed by atoms with van der Waals surface area (Å²) in [4.78, 5) is 0. The van der Waals surface area contributed by atoms with Gasteiger partial charge < -0.3 is 4.74 Å². The van der Waals surface area contributed by atoms with Crippen molar-refractivity contribution >= 4 is 11.6 Å². The predicted octanol–water partition coefficient (Wildman–Crippen LogP) is 4.10. The quantitative estimate of drug-likeness (QED) is 0.756. The van der Waals surface area contributed by atoms with Crippen molar-refractivity contribution in [2.75, 3.05) is 12.5 Å². The van der Waals surface area contributed by atoms with Crippen LogP contribution in [-0.2, 0) is 11.2 Å². The van der Waals surface area contributed by atoms with E-state index >= 15 is 0 Å². The van der Waals surface area contributed by atoms with Gasteiger partial charge in [0.2, 0.25) is 0 Å². The van der Waals surface area contributed by atoms with Gasteiger partial charge >= 0.3 is 0 Å². The molecule has 3 heteroatoms. The fourth-order valence-corrected chi connectivity index (χ4v) is 3.74. The average molecular weight is 283 g/mol. The number of benzene rings is 1. The summed E-state index contributed by atoms with van der Waals surface area (Å²) >= 11 is 6.31. The van der Waals surface area contributed by atoms with Crippen molar-refractivity contribution in [3.8, 4) is 0 Å². The van der Waals surface area contributed by atoms with E-state index in [1.807, 2.05) is 13.0 Å². The van der Waals surface area contributed by atoms with E-state index in [4.69, 9.17) is 16.3 Å². The molecule has 0 radical (unpaired) electrons. The highest BCUT2D eigenvalue weighted by Crippen LogP contribution is 2.50. The van der Waals surface area contributed by atoms with E-state index in [0.29, 0.717) is 17.9 Å². The molecule has 1 aromatic carbocycles. The standard InChI is InChI=1S/C16H20ClFO/c1-11-8-14(18)5-4-13(11)9-16(10-17)6-7-19-15(16)12-2-3-12/h4-5,8,12,15H,2-3,6-7,9-10H2,1H3. The lowest BCUT2D eigenvalue weighted by Crippen LogP contribution is -2.36. The third-order valence-corrected chi connectivity index (χ3v) is 5.20. The van der Waals surface area contributed by atoms with E-state index in [0.717, 1.165) is 25.0 Å². The van der Waals surface area contributed by atoms with Gasteiger partial charge in [0.15, 0.2) is 0 Å². The maximum atomic E-state index is 13.2. The maximum absolute atomic E-state index is 13.2. The first kappa shape index (κ1) is 13.4. The summed E-state index contributed by atoms with van der Waals surface area (Å²) in [6.07, 6.45) is 4.77. The number of ether oxygens (including phenoxy) is 1. The minimum absolute atomic E-state index is 0.0469. The number of aryl methyl sites for hydroxylation is 1. The Labute approximate surface area is 119 Å². The lowest BCUT2D eigenvalue weighted by Gasteiger charge is -2.33. The van der Waals surface area contributed by atoms with Crippen LogP contribution in [0.25, 0.3) is 0 Å². The van der Waals surface area contributed by atoms with Crippen molar-refractivity contribution in [1.82, 2.24) is 0 Å². The van der Waals surface area contributed by atoms with Crippen molar-refractivity contribution in [2.24, 2.45) is 11.3 Å². The topological polar surface area (TPSA) is 9.23 Å². The Morgan fingerprint density at radius 1 is 1.42 bits per heavy atom. The van der Waals surface area contributed by atoms with Crippen LogP contribution in [0, 0.1) is 24.1 Å². The summed E-state index contributed by atoms with van der Waals surface area (Å²) in [5.41, 5.74) is 2.27. The van der Waals surface area contributed by atoms with Crippen LogP contribution in [0.4, 0.5) is 4.39 Å². The van der Waals surface area contributed by atoms with E-state index < -0.39 is 0 Å². The molecule has 2 fully saturated rings. The van der Waals surface area contributed by atoms with Crippen LogP contribution >= 0.6 is 11.6 Å². The zero-order valence-corrected chi connectivity index (χ0v) is 12.0.